The summed E-state index contributed by atoms with van der Waals surface area (Å²) in [4.78, 5) is 2.65. The van der Waals surface area contributed by atoms with Gasteiger partial charge in [-0.1, -0.05) is 25.1 Å². The van der Waals surface area contributed by atoms with Gasteiger partial charge in [-0.05, 0) is 44.0 Å². The maximum atomic E-state index is 10.7. The zero-order valence-electron chi connectivity index (χ0n) is 14.4. The molecule has 0 amide bonds. The summed E-state index contributed by atoms with van der Waals surface area (Å²) >= 11 is 0. The predicted molar refractivity (Wildman–Crippen MR) is 91.7 cm³/mol. The van der Waals surface area contributed by atoms with Crippen molar-refractivity contribution in [1.82, 2.24) is 4.90 Å². The number of nitrogens with zero attached hydrogens (tertiary/aromatic N) is 1. The summed E-state index contributed by atoms with van der Waals surface area (Å²) in [5.74, 6) is 2.11. The molecule has 4 aliphatic rings. The molecule has 2 aliphatic heterocycles. The third-order valence-electron chi connectivity index (χ3n) is 6.70. The molecule has 4 heteroatoms. The van der Waals surface area contributed by atoms with Crippen LogP contribution in [0.4, 0.5) is 0 Å². The summed E-state index contributed by atoms with van der Waals surface area (Å²) in [6.07, 6.45) is 6.81. The van der Waals surface area contributed by atoms with Crippen molar-refractivity contribution in [2.75, 3.05) is 20.2 Å². The van der Waals surface area contributed by atoms with Gasteiger partial charge in [-0.15, -0.1) is 0 Å². The molecule has 0 aromatic heterocycles. The van der Waals surface area contributed by atoms with Crippen LogP contribution in [-0.2, 0) is 11.8 Å². The molecule has 1 aromatic rings. The highest BCUT2D eigenvalue weighted by Gasteiger charge is 2.64. The van der Waals surface area contributed by atoms with Crippen molar-refractivity contribution < 1.29 is 14.6 Å². The fourth-order valence-electron chi connectivity index (χ4n) is 5.85. The predicted octanol–water partition coefficient (Wildman–Crippen LogP) is 2.28. The normalized spacial score (nSPS) is 38.6. The summed E-state index contributed by atoms with van der Waals surface area (Å²) in [6.45, 7) is 4.50. The highest BCUT2D eigenvalue weighted by Crippen LogP contribution is 2.62. The number of aliphatic hydroxyl groups excluding tert-OH is 1. The number of piperidine rings is 1. The number of aliphatic hydroxyl groups is 1. The van der Waals surface area contributed by atoms with Gasteiger partial charge < -0.3 is 14.6 Å². The van der Waals surface area contributed by atoms with Crippen LogP contribution in [0.25, 0.3) is 0 Å². The highest BCUT2D eigenvalue weighted by atomic mass is 16.5. The first kappa shape index (κ1) is 14.8. The molecule has 1 fully saturated rings. The van der Waals surface area contributed by atoms with Crippen molar-refractivity contribution >= 4 is 0 Å². The third kappa shape index (κ3) is 1.61. The number of hydrogen-bond donors (Lipinski definition) is 1. The van der Waals surface area contributed by atoms with Gasteiger partial charge in [0.15, 0.2) is 11.5 Å². The largest absolute Gasteiger partial charge is 0.493 e. The minimum atomic E-state index is -0.539. The maximum absolute atomic E-state index is 10.7. The molecule has 1 saturated heterocycles. The van der Waals surface area contributed by atoms with E-state index in [1.54, 1.807) is 7.11 Å². The molecular weight excluding hydrogens is 302 g/mol. The van der Waals surface area contributed by atoms with Gasteiger partial charge in [-0.25, -0.2) is 0 Å². The molecule has 2 heterocycles. The summed E-state index contributed by atoms with van der Waals surface area (Å²) in [5.41, 5.74) is 2.63. The van der Waals surface area contributed by atoms with E-state index in [2.05, 4.69) is 24.0 Å². The van der Waals surface area contributed by atoms with E-state index >= 15 is 0 Å². The highest BCUT2D eigenvalue weighted by molar-refractivity contribution is 5.62. The van der Waals surface area contributed by atoms with Crippen LogP contribution in [0.2, 0.25) is 0 Å². The molecule has 2 bridgehead atoms. The van der Waals surface area contributed by atoms with Crippen molar-refractivity contribution in [3.8, 4) is 11.5 Å². The standard InChI is InChI=1S/C20H25NO3/c1-3-9-21-10-8-20-13-5-6-15(22)19(20)24-18-16(23-2)7-4-12(17(18)20)11-14(13)21/h4-7,13-15,19,22H,3,8-11H2,1-2H3/t13?,14-,15+,19+,20+/m1/s1. The van der Waals surface area contributed by atoms with Crippen LogP contribution in [0.1, 0.15) is 30.9 Å². The number of rotatable bonds is 3. The summed E-state index contributed by atoms with van der Waals surface area (Å²) in [5, 5.41) is 10.7. The number of ether oxygens (including phenoxy) is 2. The number of methoxy groups -OCH3 is 1. The molecule has 128 valence electrons. The van der Waals surface area contributed by atoms with Crippen LogP contribution in [0.3, 0.4) is 0 Å². The maximum Gasteiger partial charge on any atom is 0.165 e. The summed E-state index contributed by atoms with van der Waals surface area (Å²) < 4.78 is 11.9. The Kier molecular flexibility index (Phi) is 3.08. The molecule has 24 heavy (non-hydrogen) atoms. The first-order valence-electron chi connectivity index (χ1n) is 9.18. The fraction of sp³-hybridized carbons (Fsp3) is 0.600. The molecule has 4 nitrogen and oxygen atoms in total. The van der Waals surface area contributed by atoms with Gasteiger partial charge in [0.25, 0.3) is 0 Å². The second-order valence-corrected chi connectivity index (χ2v) is 7.67. The lowest BCUT2D eigenvalue weighted by molar-refractivity contribution is -0.0515. The van der Waals surface area contributed by atoms with Crippen LogP contribution < -0.4 is 9.47 Å². The second-order valence-electron chi connectivity index (χ2n) is 7.67. The first-order valence-corrected chi connectivity index (χ1v) is 9.18. The van der Waals surface area contributed by atoms with Crippen molar-refractivity contribution in [1.29, 1.82) is 0 Å². The quantitative estimate of drug-likeness (QED) is 0.865. The van der Waals surface area contributed by atoms with E-state index < -0.39 is 6.10 Å². The molecule has 2 aliphatic carbocycles. The Morgan fingerprint density at radius 2 is 2.25 bits per heavy atom. The number of likely N-dealkylation sites (tertiary alicyclic amines) is 1. The Balaban J connectivity index is 1.73. The van der Waals surface area contributed by atoms with E-state index in [4.69, 9.17) is 9.47 Å². The lowest BCUT2D eigenvalue weighted by atomic mass is 9.53. The zero-order chi connectivity index (χ0) is 16.5. The van der Waals surface area contributed by atoms with Crippen molar-refractivity contribution in [2.45, 2.75) is 49.9 Å². The van der Waals surface area contributed by atoms with Crippen molar-refractivity contribution in [2.24, 2.45) is 5.92 Å². The van der Waals surface area contributed by atoms with Gasteiger partial charge >= 0.3 is 0 Å². The van der Waals surface area contributed by atoms with Crippen LogP contribution in [0.15, 0.2) is 24.3 Å². The van der Waals surface area contributed by atoms with Crippen LogP contribution in [-0.4, -0.2) is 48.5 Å². The average molecular weight is 327 g/mol. The van der Waals surface area contributed by atoms with Gasteiger partial charge in [0, 0.05) is 22.9 Å². The smallest absolute Gasteiger partial charge is 0.165 e. The molecule has 5 atom stereocenters. The molecule has 1 spiro atoms. The van der Waals surface area contributed by atoms with E-state index in [1.165, 1.54) is 17.5 Å². The molecular formula is C20H25NO3. The number of hydrogen-bond acceptors (Lipinski definition) is 4. The van der Waals surface area contributed by atoms with E-state index in [9.17, 15) is 5.11 Å². The SMILES string of the molecule is CCCN1CC[C@]23c4c5ccc(OC)c4O[C@H]2[C@@H](O)C=CC3[C@H]1C5. The molecule has 0 saturated carbocycles. The van der Waals surface area contributed by atoms with Gasteiger partial charge in [0.1, 0.15) is 12.2 Å². The Labute approximate surface area is 143 Å². The van der Waals surface area contributed by atoms with Gasteiger partial charge in [0.05, 0.1) is 7.11 Å². The van der Waals surface area contributed by atoms with Crippen LogP contribution in [0.5, 0.6) is 11.5 Å². The van der Waals surface area contributed by atoms with Crippen molar-refractivity contribution in [3.05, 3.63) is 35.4 Å². The Hall–Kier alpha value is -1.52. The molecule has 1 N–H and O–H groups in total. The van der Waals surface area contributed by atoms with E-state index in [0.29, 0.717) is 12.0 Å². The lowest BCUT2D eigenvalue weighted by Gasteiger charge is -2.57. The molecule has 1 aromatic carbocycles. The minimum Gasteiger partial charge on any atom is -0.493 e. The molecule has 0 radical (unpaired) electrons. The van der Waals surface area contributed by atoms with E-state index in [1.807, 2.05) is 12.1 Å². The first-order chi connectivity index (χ1) is 11.7. The van der Waals surface area contributed by atoms with E-state index in [-0.39, 0.29) is 11.5 Å². The summed E-state index contributed by atoms with van der Waals surface area (Å²) in [6, 6.07) is 4.76. The van der Waals surface area contributed by atoms with Gasteiger partial charge in [-0.3, -0.25) is 4.90 Å². The Bertz CT molecular complexity index is 715. The Morgan fingerprint density at radius 1 is 1.38 bits per heavy atom. The van der Waals surface area contributed by atoms with Crippen LogP contribution in [0, 0.1) is 5.92 Å². The molecule has 1 unspecified atom stereocenters. The molecule has 5 rings (SSSR count). The third-order valence-corrected chi connectivity index (χ3v) is 6.70. The van der Waals surface area contributed by atoms with Crippen LogP contribution >= 0.6 is 0 Å². The summed E-state index contributed by atoms with van der Waals surface area (Å²) in [7, 11) is 1.70. The topological polar surface area (TPSA) is 41.9 Å². The lowest BCUT2D eigenvalue weighted by Crippen LogP contribution is -2.65. The van der Waals surface area contributed by atoms with Crippen molar-refractivity contribution in [3.63, 3.8) is 0 Å². The minimum absolute atomic E-state index is 0.0828. The van der Waals surface area contributed by atoms with Gasteiger partial charge in [-0.2, -0.15) is 0 Å². The van der Waals surface area contributed by atoms with Gasteiger partial charge in [0.2, 0.25) is 0 Å². The monoisotopic (exact) mass is 327 g/mol. The Morgan fingerprint density at radius 3 is 3.04 bits per heavy atom. The second kappa shape index (κ2) is 4.99. The zero-order valence-corrected chi connectivity index (χ0v) is 14.4. The number of benzene rings is 1. The fourth-order valence-corrected chi connectivity index (χ4v) is 5.85. The van der Waals surface area contributed by atoms with E-state index in [0.717, 1.165) is 37.4 Å². The average Bonchev–Trinajstić information content (AvgIpc) is 2.94.